The SMILES string of the molecule is CC(CCS(C)=O)NCC1CCC1. The Morgan fingerprint density at radius 3 is 2.69 bits per heavy atom. The summed E-state index contributed by atoms with van der Waals surface area (Å²) in [6.07, 6.45) is 7.03. The molecule has 0 bridgehead atoms. The van der Waals surface area contributed by atoms with Crippen LogP contribution in [-0.4, -0.2) is 28.8 Å². The van der Waals surface area contributed by atoms with Crippen molar-refractivity contribution in [1.29, 1.82) is 0 Å². The maximum atomic E-state index is 10.8. The Kier molecular flexibility index (Phi) is 4.96. The maximum absolute atomic E-state index is 10.8. The number of hydrogen-bond acceptors (Lipinski definition) is 2. The fourth-order valence-electron chi connectivity index (χ4n) is 1.51. The fourth-order valence-corrected chi connectivity index (χ4v) is 2.20. The second-order valence-electron chi connectivity index (χ2n) is 4.17. The fraction of sp³-hybridized carbons (Fsp3) is 1.00. The van der Waals surface area contributed by atoms with Crippen molar-refractivity contribution < 1.29 is 4.21 Å². The van der Waals surface area contributed by atoms with Crippen molar-refractivity contribution in [2.75, 3.05) is 18.6 Å². The lowest BCUT2D eigenvalue weighted by Gasteiger charge is -2.27. The van der Waals surface area contributed by atoms with Gasteiger partial charge in [-0.05, 0) is 38.6 Å². The van der Waals surface area contributed by atoms with Gasteiger partial charge in [-0.25, -0.2) is 0 Å². The van der Waals surface area contributed by atoms with Gasteiger partial charge in [-0.15, -0.1) is 0 Å². The zero-order valence-corrected chi connectivity index (χ0v) is 9.53. The second kappa shape index (κ2) is 5.76. The first-order valence-electron chi connectivity index (χ1n) is 5.22. The van der Waals surface area contributed by atoms with Crippen LogP contribution in [-0.2, 0) is 10.8 Å². The third-order valence-electron chi connectivity index (χ3n) is 2.82. The Labute approximate surface area is 83.9 Å². The monoisotopic (exact) mass is 203 g/mol. The van der Waals surface area contributed by atoms with Crippen molar-refractivity contribution in [3.05, 3.63) is 0 Å². The molecule has 0 radical (unpaired) electrons. The molecule has 0 saturated heterocycles. The molecule has 78 valence electrons. The summed E-state index contributed by atoms with van der Waals surface area (Å²) in [4.78, 5) is 0. The summed E-state index contributed by atoms with van der Waals surface area (Å²) in [6, 6.07) is 0.532. The number of hydrogen-bond donors (Lipinski definition) is 1. The quantitative estimate of drug-likeness (QED) is 0.709. The highest BCUT2D eigenvalue weighted by Crippen LogP contribution is 2.25. The molecule has 0 spiro atoms. The Morgan fingerprint density at radius 1 is 1.54 bits per heavy atom. The van der Waals surface area contributed by atoms with Crippen molar-refractivity contribution in [2.24, 2.45) is 5.92 Å². The largest absolute Gasteiger partial charge is 0.314 e. The Bertz CT molecular complexity index is 168. The molecule has 2 unspecified atom stereocenters. The highest BCUT2D eigenvalue weighted by Gasteiger charge is 2.17. The standard InChI is InChI=1S/C10H21NOS/c1-9(6-7-13(2)12)11-8-10-4-3-5-10/h9-11H,3-8H2,1-2H3. The first kappa shape index (κ1) is 11.2. The lowest BCUT2D eigenvalue weighted by molar-refractivity contribution is 0.290. The van der Waals surface area contributed by atoms with Gasteiger partial charge in [-0.2, -0.15) is 0 Å². The molecule has 0 aromatic rings. The molecule has 13 heavy (non-hydrogen) atoms. The van der Waals surface area contributed by atoms with Gasteiger partial charge in [0.05, 0.1) is 0 Å². The lowest BCUT2D eigenvalue weighted by atomic mass is 9.85. The summed E-state index contributed by atoms with van der Waals surface area (Å²) >= 11 is 0. The predicted molar refractivity (Wildman–Crippen MR) is 58.4 cm³/mol. The summed E-state index contributed by atoms with van der Waals surface area (Å²) in [5.74, 6) is 1.76. The van der Waals surface area contributed by atoms with Crippen LogP contribution in [0.3, 0.4) is 0 Å². The zero-order chi connectivity index (χ0) is 9.68. The van der Waals surface area contributed by atoms with Gasteiger partial charge < -0.3 is 5.32 Å². The summed E-state index contributed by atoms with van der Waals surface area (Å²) in [7, 11) is -0.628. The van der Waals surface area contributed by atoms with Crippen molar-refractivity contribution in [2.45, 2.75) is 38.6 Å². The van der Waals surface area contributed by atoms with Crippen LogP contribution in [0, 0.1) is 5.92 Å². The van der Waals surface area contributed by atoms with Crippen molar-refractivity contribution in [3.63, 3.8) is 0 Å². The van der Waals surface area contributed by atoms with Crippen LogP contribution < -0.4 is 5.32 Å². The molecule has 2 atom stereocenters. The van der Waals surface area contributed by atoms with Gasteiger partial charge in [0.2, 0.25) is 0 Å². The molecule has 3 heteroatoms. The van der Waals surface area contributed by atoms with Crippen LogP contribution >= 0.6 is 0 Å². The van der Waals surface area contributed by atoms with Crippen LogP contribution in [0.25, 0.3) is 0 Å². The minimum Gasteiger partial charge on any atom is -0.314 e. The maximum Gasteiger partial charge on any atom is 0.0246 e. The van der Waals surface area contributed by atoms with E-state index in [0.717, 1.165) is 24.6 Å². The second-order valence-corrected chi connectivity index (χ2v) is 5.73. The van der Waals surface area contributed by atoms with E-state index in [1.54, 1.807) is 6.26 Å². The molecule has 1 N–H and O–H groups in total. The molecular formula is C10H21NOS. The first-order valence-corrected chi connectivity index (χ1v) is 6.94. The molecule has 1 aliphatic rings. The van der Waals surface area contributed by atoms with Crippen LogP contribution in [0.5, 0.6) is 0 Å². The average Bonchev–Trinajstić information content (AvgIpc) is 1.98. The van der Waals surface area contributed by atoms with E-state index in [1.165, 1.54) is 19.3 Å². The molecule has 1 aliphatic carbocycles. The first-order chi connectivity index (χ1) is 6.18. The summed E-state index contributed by atoms with van der Waals surface area (Å²) in [5, 5.41) is 3.51. The zero-order valence-electron chi connectivity index (χ0n) is 8.71. The highest BCUT2D eigenvalue weighted by atomic mass is 32.2. The van der Waals surface area contributed by atoms with Crippen LogP contribution in [0.4, 0.5) is 0 Å². The van der Waals surface area contributed by atoms with Gasteiger partial charge in [-0.1, -0.05) is 6.42 Å². The Balaban J connectivity index is 1.96. The van der Waals surface area contributed by atoms with E-state index in [2.05, 4.69) is 12.2 Å². The minimum atomic E-state index is -0.628. The lowest BCUT2D eigenvalue weighted by Crippen LogP contribution is -2.34. The van der Waals surface area contributed by atoms with Gasteiger partial charge in [0, 0.05) is 28.9 Å². The van der Waals surface area contributed by atoms with E-state index >= 15 is 0 Å². The molecule has 2 nitrogen and oxygen atoms in total. The highest BCUT2D eigenvalue weighted by molar-refractivity contribution is 7.84. The van der Waals surface area contributed by atoms with Crippen molar-refractivity contribution in [3.8, 4) is 0 Å². The molecule has 0 amide bonds. The van der Waals surface area contributed by atoms with Crippen LogP contribution in [0.2, 0.25) is 0 Å². The molecule has 0 heterocycles. The number of nitrogens with one attached hydrogen (secondary N) is 1. The molecule has 1 saturated carbocycles. The molecule has 1 rings (SSSR count). The molecule has 1 fully saturated rings. The van der Waals surface area contributed by atoms with Crippen LogP contribution in [0.1, 0.15) is 32.6 Å². The molecule has 0 aromatic carbocycles. The van der Waals surface area contributed by atoms with E-state index in [9.17, 15) is 4.21 Å². The van der Waals surface area contributed by atoms with E-state index in [0.29, 0.717) is 6.04 Å². The summed E-state index contributed by atoms with van der Waals surface area (Å²) in [5.41, 5.74) is 0. The Hall–Kier alpha value is 0.110. The van der Waals surface area contributed by atoms with E-state index in [-0.39, 0.29) is 0 Å². The normalized spacial score (nSPS) is 22.3. The molecular weight excluding hydrogens is 182 g/mol. The predicted octanol–water partition coefficient (Wildman–Crippen LogP) is 1.53. The van der Waals surface area contributed by atoms with Gasteiger partial charge in [0.25, 0.3) is 0 Å². The van der Waals surface area contributed by atoms with Gasteiger partial charge in [0.15, 0.2) is 0 Å². The van der Waals surface area contributed by atoms with Gasteiger partial charge in [0.1, 0.15) is 0 Å². The molecule has 0 aliphatic heterocycles. The smallest absolute Gasteiger partial charge is 0.0246 e. The van der Waals surface area contributed by atoms with E-state index in [1.807, 2.05) is 0 Å². The van der Waals surface area contributed by atoms with E-state index in [4.69, 9.17) is 0 Å². The third-order valence-corrected chi connectivity index (χ3v) is 3.63. The average molecular weight is 203 g/mol. The Morgan fingerprint density at radius 2 is 2.23 bits per heavy atom. The third kappa shape index (κ3) is 4.77. The van der Waals surface area contributed by atoms with Crippen molar-refractivity contribution in [1.82, 2.24) is 5.32 Å². The van der Waals surface area contributed by atoms with Gasteiger partial charge in [-0.3, -0.25) is 4.21 Å². The van der Waals surface area contributed by atoms with Crippen molar-refractivity contribution >= 4 is 10.8 Å². The van der Waals surface area contributed by atoms with Crippen LogP contribution in [0.15, 0.2) is 0 Å². The van der Waals surface area contributed by atoms with E-state index < -0.39 is 10.8 Å². The topological polar surface area (TPSA) is 29.1 Å². The summed E-state index contributed by atoms with van der Waals surface area (Å²) in [6.45, 7) is 3.35. The van der Waals surface area contributed by atoms with Gasteiger partial charge >= 0.3 is 0 Å². The molecule has 0 aromatic heterocycles. The number of rotatable bonds is 6. The summed E-state index contributed by atoms with van der Waals surface area (Å²) < 4.78 is 10.8. The minimum absolute atomic E-state index is 0.532.